The molecule has 6 nitrogen and oxygen atoms in total. The summed E-state index contributed by atoms with van der Waals surface area (Å²) in [7, 11) is 0. The van der Waals surface area contributed by atoms with Gasteiger partial charge in [0.2, 0.25) is 11.8 Å². The van der Waals surface area contributed by atoms with Gasteiger partial charge in [0, 0.05) is 6.42 Å². The van der Waals surface area contributed by atoms with E-state index in [1.165, 1.54) is 16.2 Å². The zero-order valence-corrected chi connectivity index (χ0v) is 11.5. The molecule has 0 saturated carbocycles. The number of imide groups is 1. The van der Waals surface area contributed by atoms with Crippen LogP contribution in [0.2, 0.25) is 0 Å². The summed E-state index contributed by atoms with van der Waals surface area (Å²) in [5.41, 5.74) is 2.02. The molecule has 2 rings (SSSR count). The lowest BCUT2D eigenvalue weighted by atomic mass is 9.92. The monoisotopic (exact) mass is 281 g/mol. The van der Waals surface area contributed by atoms with E-state index in [0.717, 1.165) is 0 Å². The maximum Gasteiger partial charge on any atom is 0.275 e. The molecule has 0 radical (unpaired) electrons. The molecule has 0 spiro atoms. The predicted octanol–water partition coefficient (Wildman–Crippen LogP) is 0.637. The highest BCUT2D eigenvalue weighted by Crippen LogP contribution is 2.33. The molecule has 1 aromatic rings. The Kier molecular flexibility index (Phi) is 3.42. The third kappa shape index (κ3) is 2.39. The Hall–Kier alpha value is -1.73. The number of rotatable bonds is 3. The number of likely N-dealkylation sites (tertiary alicyclic amines) is 1. The molecule has 0 aliphatic carbocycles. The van der Waals surface area contributed by atoms with Crippen molar-refractivity contribution in [3.8, 4) is 0 Å². The summed E-state index contributed by atoms with van der Waals surface area (Å²) in [5.74, 6) is 4.27. The van der Waals surface area contributed by atoms with E-state index in [-0.39, 0.29) is 24.8 Å². The molecular weight excluding hydrogens is 266 g/mol. The zero-order chi connectivity index (χ0) is 14.2. The lowest BCUT2D eigenvalue weighted by molar-refractivity contribution is -0.141. The van der Waals surface area contributed by atoms with Crippen LogP contribution >= 0.6 is 11.3 Å². The molecule has 102 valence electrons. The van der Waals surface area contributed by atoms with Crippen LogP contribution in [-0.4, -0.2) is 22.6 Å². The van der Waals surface area contributed by atoms with Gasteiger partial charge in [-0.3, -0.25) is 24.7 Å². The van der Waals surface area contributed by atoms with Crippen LogP contribution in [0.4, 0.5) is 0 Å². The van der Waals surface area contributed by atoms with Gasteiger partial charge in [-0.2, -0.15) is 0 Å². The SMILES string of the molecule is CC1(C)CC(=O)N(Cc2ccsc2C(=O)NN)C1=O. The molecule has 1 aliphatic heterocycles. The van der Waals surface area contributed by atoms with Crippen LogP contribution in [0.3, 0.4) is 0 Å². The standard InChI is InChI=1S/C12H15N3O3S/c1-12(2)5-8(16)15(11(12)18)6-7-3-4-19-9(7)10(17)14-13/h3-4H,5-6,13H2,1-2H3,(H,14,17). The Balaban J connectivity index is 2.23. The summed E-state index contributed by atoms with van der Waals surface area (Å²) in [6, 6.07) is 1.72. The summed E-state index contributed by atoms with van der Waals surface area (Å²) in [6.07, 6.45) is 0.203. The maximum atomic E-state index is 12.1. The van der Waals surface area contributed by atoms with Gasteiger partial charge in [-0.25, -0.2) is 5.84 Å². The van der Waals surface area contributed by atoms with Gasteiger partial charge in [-0.15, -0.1) is 11.3 Å². The Morgan fingerprint density at radius 1 is 1.53 bits per heavy atom. The molecule has 7 heteroatoms. The highest BCUT2D eigenvalue weighted by molar-refractivity contribution is 7.12. The quantitative estimate of drug-likeness (QED) is 0.368. The minimum absolute atomic E-state index is 0.118. The van der Waals surface area contributed by atoms with Crippen molar-refractivity contribution in [3.63, 3.8) is 0 Å². The first kappa shape index (κ1) is 13.7. The van der Waals surface area contributed by atoms with E-state index in [2.05, 4.69) is 5.43 Å². The van der Waals surface area contributed by atoms with Gasteiger partial charge in [0.05, 0.1) is 16.8 Å². The summed E-state index contributed by atoms with van der Waals surface area (Å²) in [4.78, 5) is 37.1. The predicted molar refractivity (Wildman–Crippen MR) is 69.9 cm³/mol. The highest BCUT2D eigenvalue weighted by Gasteiger charge is 2.44. The second-order valence-corrected chi connectivity index (χ2v) is 6.01. The minimum atomic E-state index is -0.663. The van der Waals surface area contributed by atoms with Crippen molar-refractivity contribution in [1.29, 1.82) is 0 Å². The van der Waals surface area contributed by atoms with E-state index < -0.39 is 11.3 Å². The summed E-state index contributed by atoms with van der Waals surface area (Å²) in [6.45, 7) is 3.61. The van der Waals surface area contributed by atoms with Crippen molar-refractivity contribution in [2.45, 2.75) is 26.8 Å². The molecular formula is C12H15N3O3S. The Morgan fingerprint density at radius 2 is 2.21 bits per heavy atom. The van der Waals surface area contributed by atoms with E-state index in [4.69, 9.17) is 5.84 Å². The lowest BCUT2D eigenvalue weighted by Crippen LogP contribution is -2.34. The Bertz CT molecular complexity index is 550. The van der Waals surface area contributed by atoms with Gasteiger partial charge >= 0.3 is 0 Å². The van der Waals surface area contributed by atoms with Crippen molar-refractivity contribution < 1.29 is 14.4 Å². The first-order chi connectivity index (χ1) is 8.86. The highest BCUT2D eigenvalue weighted by atomic mass is 32.1. The van der Waals surface area contributed by atoms with E-state index >= 15 is 0 Å². The average molecular weight is 281 g/mol. The van der Waals surface area contributed by atoms with Crippen LogP contribution in [0.25, 0.3) is 0 Å². The topological polar surface area (TPSA) is 92.5 Å². The van der Waals surface area contributed by atoms with Crippen molar-refractivity contribution in [3.05, 3.63) is 21.9 Å². The van der Waals surface area contributed by atoms with Crippen LogP contribution < -0.4 is 11.3 Å². The zero-order valence-electron chi connectivity index (χ0n) is 10.7. The van der Waals surface area contributed by atoms with Crippen molar-refractivity contribution in [2.24, 2.45) is 11.3 Å². The van der Waals surface area contributed by atoms with E-state index in [9.17, 15) is 14.4 Å². The van der Waals surface area contributed by atoms with Gasteiger partial charge in [-0.05, 0) is 17.0 Å². The van der Waals surface area contributed by atoms with Crippen LogP contribution in [0.1, 0.15) is 35.5 Å². The number of thiophene rings is 1. The normalized spacial score (nSPS) is 17.9. The molecule has 2 heterocycles. The average Bonchev–Trinajstić information content (AvgIpc) is 2.87. The van der Waals surface area contributed by atoms with Gasteiger partial charge in [0.1, 0.15) is 0 Å². The molecule has 0 unspecified atom stereocenters. The third-order valence-corrected chi connectivity index (χ3v) is 4.09. The number of nitrogen functional groups attached to an aromatic ring is 1. The van der Waals surface area contributed by atoms with Crippen molar-refractivity contribution in [1.82, 2.24) is 10.3 Å². The first-order valence-corrected chi connectivity index (χ1v) is 6.67. The minimum Gasteiger partial charge on any atom is -0.289 e. The third-order valence-electron chi connectivity index (χ3n) is 3.13. The number of hydrogen-bond acceptors (Lipinski definition) is 5. The number of amides is 3. The largest absolute Gasteiger partial charge is 0.289 e. The van der Waals surface area contributed by atoms with Crippen LogP contribution in [0, 0.1) is 5.41 Å². The Morgan fingerprint density at radius 3 is 2.74 bits per heavy atom. The second kappa shape index (κ2) is 4.75. The van der Waals surface area contributed by atoms with E-state index in [1.807, 2.05) is 0 Å². The second-order valence-electron chi connectivity index (χ2n) is 5.09. The summed E-state index contributed by atoms with van der Waals surface area (Å²) in [5, 5.41) is 1.73. The number of carbonyl (C=O) groups excluding carboxylic acids is 3. The van der Waals surface area contributed by atoms with Gasteiger partial charge < -0.3 is 0 Å². The number of nitrogens with two attached hydrogens (primary N) is 1. The molecule has 1 aliphatic rings. The summed E-state index contributed by atoms with van der Waals surface area (Å²) >= 11 is 1.23. The summed E-state index contributed by atoms with van der Waals surface area (Å²) < 4.78 is 0. The van der Waals surface area contributed by atoms with E-state index in [1.54, 1.807) is 25.3 Å². The number of carbonyl (C=O) groups is 3. The maximum absolute atomic E-state index is 12.1. The molecule has 0 atom stereocenters. The molecule has 3 amide bonds. The van der Waals surface area contributed by atoms with Crippen LogP contribution in [0.15, 0.2) is 11.4 Å². The fourth-order valence-corrected chi connectivity index (χ4v) is 2.90. The van der Waals surface area contributed by atoms with Gasteiger partial charge in [0.15, 0.2) is 0 Å². The van der Waals surface area contributed by atoms with Crippen molar-refractivity contribution in [2.75, 3.05) is 0 Å². The van der Waals surface area contributed by atoms with Crippen LogP contribution in [0.5, 0.6) is 0 Å². The van der Waals surface area contributed by atoms with Crippen LogP contribution in [-0.2, 0) is 16.1 Å². The number of nitrogens with zero attached hydrogens (tertiary/aromatic N) is 1. The molecule has 0 bridgehead atoms. The molecule has 0 aromatic carbocycles. The van der Waals surface area contributed by atoms with Crippen molar-refractivity contribution >= 4 is 29.1 Å². The fourth-order valence-electron chi connectivity index (χ4n) is 2.08. The molecule has 1 fully saturated rings. The fraction of sp³-hybridized carbons (Fsp3) is 0.417. The molecule has 1 aromatic heterocycles. The molecule has 3 N–H and O–H groups in total. The lowest BCUT2D eigenvalue weighted by Gasteiger charge is -2.17. The number of hydrazine groups is 1. The number of nitrogens with one attached hydrogen (secondary N) is 1. The number of hydrogen-bond donors (Lipinski definition) is 2. The molecule has 1 saturated heterocycles. The van der Waals surface area contributed by atoms with Gasteiger partial charge in [0.25, 0.3) is 5.91 Å². The first-order valence-electron chi connectivity index (χ1n) is 5.79. The smallest absolute Gasteiger partial charge is 0.275 e. The molecule has 19 heavy (non-hydrogen) atoms. The van der Waals surface area contributed by atoms with E-state index in [0.29, 0.717) is 10.4 Å². The Labute approximate surface area is 114 Å². The van der Waals surface area contributed by atoms with Gasteiger partial charge in [-0.1, -0.05) is 13.8 Å².